The third-order valence-electron chi connectivity index (χ3n) is 5.05. The molecule has 0 bridgehead atoms. The van der Waals surface area contributed by atoms with E-state index in [0.717, 1.165) is 5.56 Å². The predicted octanol–water partition coefficient (Wildman–Crippen LogP) is 3.93. The summed E-state index contributed by atoms with van der Waals surface area (Å²) in [4.78, 5) is 38.4. The third kappa shape index (κ3) is 6.67. The SMILES string of the molecule is CC(NC(=O)c1cccc(NCC(=O)Nc2ccc(C(=O)N(C)C)cc2)c1)c1ccccc1. The van der Waals surface area contributed by atoms with Gasteiger partial charge in [0.05, 0.1) is 12.6 Å². The third-order valence-corrected chi connectivity index (χ3v) is 5.05. The zero-order chi connectivity index (χ0) is 23.8. The predicted molar refractivity (Wildman–Crippen MR) is 130 cm³/mol. The molecule has 0 fully saturated rings. The first-order valence-corrected chi connectivity index (χ1v) is 10.6. The van der Waals surface area contributed by atoms with Crippen molar-refractivity contribution in [2.45, 2.75) is 13.0 Å². The van der Waals surface area contributed by atoms with E-state index >= 15 is 0 Å². The fraction of sp³-hybridized carbons (Fsp3) is 0.192. The second-order valence-electron chi connectivity index (χ2n) is 7.87. The van der Waals surface area contributed by atoms with Crippen LogP contribution in [0, 0.1) is 0 Å². The van der Waals surface area contributed by atoms with Crippen LogP contribution in [0.1, 0.15) is 39.2 Å². The zero-order valence-electron chi connectivity index (χ0n) is 19.0. The second kappa shape index (κ2) is 10.9. The molecule has 3 rings (SSSR count). The van der Waals surface area contributed by atoms with E-state index in [9.17, 15) is 14.4 Å². The highest BCUT2D eigenvalue weighted by atomic mass is 16.2. The van der Waals surface area contributed by atoms with Gasteiger partial charge in [-0.25, -0.2) is 0 Å². The maximum absolute atomic E-state index is 12.6. The molecule has 0 aliphatic heterocycles. The highest BCUT2D eigenvalue weighted by Gasteiger charge is 2.12. The first-order chi connectivity index (χ1) is 15.8. The van der Waals surface area contributed by atoms with Gasteiger partial charge in [0.1, 0.15) is 0 Å². The van der Waals surface area contributed by atoms with Crippen molar-refractivity contribution in [2.24, 2.45) is 0 Å². The van der Waals surface area contributed by atoms with E-state index in [4.69, 9.17) is 0 Å². The number of anilines is 2. The molecule has 0 aliphatic rings. The number of benzene rings is 3. The van der Waals surface area contributed by atoms with E-state index in [1.54, 1.807) is 62.6 Å². The molecule has 0 heterocycles. The van der Waals surface area contributed by atoms with Crippen LogP contribution in [0.4, 0.5) is 11.4 Å². The molecular weight excluding hydrogens is 416 g/mol. The van der Waals surface area contributed by atoms with Crippen molar-refractivity contribution in [1.82, 2.24) is 10.2 Å². The number of carbonyl (C=O) groups is 3. The van der Waals surface area contributed by atoms with Gasteiger partial charge in [-0.1, -0.05) is 36.4 Å². The van der Waals surface area contributed by atoms with Crippen molar-refractivity contribution in [2.75, 3.05) is 31.3 Å². The van der Waals surface area contributed by atoms with Crippen LogP contribution in [0.5, 0.6) is 0 Å². The molecule has 3 amide bonds. The number of amides is 3. The molecule has 0 spiro atoms. The highest BCUT2D eigenvalue weighted by molar-refractivity contribution is 5.97. The molecule has 0 aliphatic carbocycles. The first-order valence-electron chi connectivity index (χ1n) is 10.6. The number of hydrogen-bond donors (Lipinski definition) is 3. The molecular formula is C26H28N4O3. The standard InChI is InChI=1S/C26H28N4O3/c1-18(19-8-5-4-6-9-19)28-25(32)21-10-7-11-23(16-21)27-17-24(31)29-22-14-12-20(13-15-22)26(33)30(2)3/h4-16,18,27H,17H2,1-3H3,(H,28,32)(H,29,31). The maximum Gasteiger partial charge on any atom is 0.253 e. The first kappa shape index (κ1) is 23.5. The molecule has 3 aromatic carbocycles. The Morgan fingerprint density at radius 1 is 0.818 bits per heavy atom. The molecule has 7 nitrogen and oxygen atoms in total. The zero-order valence-corrected chi connectivity index (χ0v) is 19.0. The number of nitrogens with one attached hydrogen (secondary N) is 3. The summed E-state index contributed by atoms with van der Waals surface area (Å²) in [5.74, 6) is -0.530. The van der Waals surface area contributed by atoms with Crippen molar-refractivity contribution < 1.29 is 14.4 Å². The number of rotatable bonds is 8. The van der Waals surface area contributed by atoms with Crippen LogP contribution in [0.15, 0.2) is 78.9 Å². The van der Waals surface area contributed by atoms with Crippen LogP contribution >= 0.6 is 0 Å². The molecule has 0 radical (unpaired) electrons. The Labute approximate surface area is 193 Å². The minimum Gasteiger partial charge on any atom is -0.376 e. The van der Waals surface area contributed by atoms with Crippen molar-refractivity contribution in [3.8, 4) is 0 Å². The Hall–Kier alpha value is -4.13. The number of hydrogen-bond acceptors (Lipinski definition) is 4. The largest absolute Gasteiger partial charge is 0.376 e. The van der Waals surface area contributed by atoms with Crippen LogP contribution in [-0.2, 0) is 4.79 Å². The smallest absolute Gasteiger partial charge is 0.253 e. The van der Waals surface area contributed by atoms with Crippen molar-refractivity contribution in [1.29, 1.82) is 0 Å². The summed E-state index contributed by atoms with van der Waals surface area (Å²) in [6, 6.07) is 23.3. The van der Waals surface area contributed by atoms with Gasteiger partial charge in [-0.15, -0.1) is 0 Å². The van der Waals surface area contributed by atoms with Crippen molar-refractivity contribution >= 4 is 29.1 Å². The highest BCUT2D eigenvalue weighted by Crippen LogP contribution is 2.15. The minimum absolute atomic E-state index is 0.0316. The van der Waals surface area contributed by atoms with Gasteiger partial charge in [-0.2, -0.15) is 0 Å². The molecule has 3 aromatic rings. The lowest BCUT2D eigenvalue weighted by molar-refractivity contribution is -0.114. The van der Waals surface area contributed by atoms with Gasteiger partial charge in [0.2, 0.25) is 5.91 Å². The minimum atomic E-state index is -0.241. The summed E-state index contributed by atoms with van der Waals surface area (Å²) in [5, 5.41) is 8.80. The Kier molecular flexibility index (Phi) is 7.81. The molecule has 33 heavy (non-hydrogen) atoms. The molecule has 170 valence electrons. The van der Waals surface area contributed by atoms with Gasteiger partial charge in [-0.3, -0.25) is 14.4 Å². The average Bonchev–Trinajstić information content (AvgIpc) is 2.83. The molecule has 1 atom stereocenters. The Bertz CT molecular complexity index is 1110. The van der Waals surface area contributed by atoms with Crippen LogP contribution in [-0.4, -0.2) is 43.3 Å². The molecule has 0 saturated carbocycles. The van der Waals surface area contributed by atoms with E-state index in [-0.39, 0.29) is 30.3 Å². The topological polar surface area (TPSA) is 90.5 Å². The van der Waals surface area contributed by atoms with Gasteiger partial charge in [0.15, 0.2) is 0 Å². The summed E-state index contributed by atoms with van der Waals surface area (Å²) < 4.78 is 0. The van der Waals surface area contributed by atoms with Crippen LogP contribution < -0.4 is 16.0 Å². The lowest BCUT2D eigenvalue weighted by Gasteiger charge is -2.15. The monoisotopic (exact) mass is 444 g/mol. The quantitative estimate of drug-likeness (QED) is 0.491. The summed E-state index contributed by atoms with van der Waals surface area (Å²) in [6.45, 7) is 1.96. The molecule has 0 aromatic heterocycles. The van der Waals surface area contributed by atoms with Gasteiger partial charge in [-0.05, 0) is 55.0 Å². The van der Waals surface area contributed by atoms with E-state index < -0.39 is 0 Å². The van der Waals surface area contributed by atoms with Crippen molar-refractivity contribution in [3.05, 3.63) is 95.6 Å². The van der Waals surface area contributed by atoms with Crippen molar-refractivity contribution in [3.63, 3.8) is 0 Å². The summed E-state index contributed by atoms with van der Waals surface area (Å²) in [7, 11) is 3.37. The number of carbonyl (C=O) groups excluding carboxylic acids is 3. The Morgan fingerprint density at radius 3 is 2.18 bits per heavy atom. The van der Waals surface area contributed by atoms with Crippen LogP contribution in [0.2, 0.25) is 0 Å². The van der Waals surface area contributed by atoms with Gasteiger partial charge < -0.3 is 20.9 Å². The van der Waals surface area contributed by atoms with E-state index in [0.29, 0.717) is 22.5 Å². The second-order valence-corrected chi connectivity index (χ2v) is 7.87. The summed E-state index contributed by atoms with van der Waals surface area (Å²) in [5.41, 5.74) is 3.34. The van der Waals surface area contributed by atoms with Crippen LogP contribution in [0.3, 0.4) is 0 Å². The fourth-order valence-corrected chi connectivity index (χ4v) is 3.22. The Morgan fingerprint density at radius 2 is 1.52 bits per heavy atom. The molecule has 1 unspecified atom stereocenters. The lowest BCUT2D eigenvalue weighted by Crippen LogP contribution is -2.26. The van der Waals surface area contributed by atoms with Gasteiger partial charge in [0, 0.05) is 36.6 Å². The van der Waals surface area contributed by atoms with Gasteiger partial charge in [0.25, 0.3) is 11.8 Å². The lowest BCUT2D eigenvalue weighted by atomic mass is 10.1. The Balaban J connectivity index is 1.53. The van der Waals surface area contributed by atoms with Crippen LogP contribution in [0.25, 0.3) is 0 Å². The fourth-order valence-electron chi connectivity index (χ4n) is 3.22. The number of nitrogens with zero attached hydrogens (tertiary/aromatic N) is 1. The molecule has 3 N–H and O–H groups in total. The molecule has 0 saturated heterocycles. The normalized spacial score (nSPS) is 11.2. The average molecular weight is 445 g/mol. The maximum atomic E-state index is 12.6. The van der Waals surface area contributed by atoms with E-state index in [1.165, 1.54) is 4.90 Å². The van der Waals surface area contributed by atoms with Gasteiger partial charge >= 0.3 is 0 Å². The summed E-state index contributed by atoms with van der Waals surface area (Å²) in [6.07, 6.45) is 0. The van der Waals surface area contributed by atoms with E-state index in [2.05, 4.69) is 16.0 Å². The molecule has 7 heteroatoms. The summed E-state index contributed by atoms with van der Waals surface area (Å²) >= 11 is 0. The van der Waals surface area contributed by atoms with E-state index in [1.807, 2.05) is 37.3 Å².